The van der Waals surface area contributed by atoms with Gasteiger partial charge in [0.2, 0.25) is 0 Å². The van der Waals surface area contributed by atoms with E-state index in [1.165, 1.54) is 18.2 Å². The van der Waals surface area contributed by atoms with Crippen molar-refractivity contribution in [2.75, 3.05) is 10.5 Å². The fraction of sp³-hybridized carbons (Fsp3) is 0.0769. The maximum absolute atomic E-state index is 12.8. The number of nitrogen functional groups attached to an aromatic ring is 1. The second-order valence-electron chi connectivity index (χ2n) is 4.25. The Morgan fingerprint density at radius 1 is 1.20 bits per heavy atom. The Hall–Kier alpha value is -1.60. The number of hydrogen-bond donors (Lipinski definition) is 2. The second-order valence-corrected chi connectivity index (χ2v) is 6.78. The van der Waals surface area contributed by atoms with Crippen LogP contribution in [0.5, 0.6) is 0 Å². The average molecular weight is 359 g/mol. The van der Waals surface area contributed by atoms with Crippen LogP contribution in [0.15, 0.2) is 45.8 Å². The quantitative estimate of drug-likeness (QED) is 0.827. The van der Waals surface area contributed by atoms with E-state index >= 15 is 0 Å². The van der Waals surface area contributed by atoms with E-state index in [0.29, 0.717) is 15.8 Å². The largest absolute Gasteiger partial charge is 0.398 e. The van der Waals surface area contributed by atoms with Crippen molar-refractivity contribution in [3.05, 3.63) is 52.3 Å². The molecule has 0 fully saturated rings. The Labute approximate surface area is 125 Å². The van der Waals surface area contributed by atoms with Crippen LogP contribution in [-0.4, -0.2) is 8.42 Å². The van der Waals surface area contributed by atoms with Crippen LogP contribution in [-0.2, 0) is 10.0 Å². The van der Waals surface area contributed by atoms with E-state index in [2.05, 4.69) is 20.7 Å². The summed E-state index contributed by atoms with van der Waals surface area (Å²) in [6.07, 6.45) is 0. The summed E-state index contributed by atoms with van der Waals surface area (Å²) in [5, 5.41) is 0. The monoisotopic (exact) mass is 358 g/mol. The van der Waals surface area contributed by atoms with Crippen molar-refractivity contribution in [3.8, 4) is 0 Å². The van der Waals surface area contributed by atoms with Gasteiger partial charge in [-0.1, -0.05) is 0 Å². The van der Waals surface area contributed by atoms with Gasteiger partial charge in [-0.3, -0.25) is 4.72 Å². The van der Waals surface area contributed by atoms with E-state index in [-0.39, 0.29) is 4.90 Å². The van der Waals surface area contributed by atoms with Gasteiger partial charge in [-0.05, 0) is 64.8 Å². The molecule has 106 valence electrons. The zero-order chi connectivity index (χ0) is 14.9. The van der Waals surface area contributed by atoms with Gasteiger partial charge in [0.05, 0.1) is 10.6 Å². The van der Waals surface area contributed by atoms with E-state index in [9.17, 15) is 12.8 Å². The maximum Gasteiger partial charge on any atom is 0.261 e. The third-order valence-electron chi connectivity index (χ3n) is 2.72. The molecule has 2 aromatic rings. The van der Waals surface area contributed by atoms with Crippen molar-refractivity contribution in [1.29, 1.82) is 0 Å². The number of benzene rings is 2. The summed E-state index contributed by atoms with van der Waals surface area (Å²) >= 11 is 3.28. The Morgan fingerprint density at radius 3 is 2.40 bits per heavy atom. The molecule has 0 amide bonds. The van der Waals surface area contributed by atoms with Crippen molar-refractivity contribution in [2.24, 2.45) is 0 Å². The van der Waals surface area contributed by atoms with E-state index in [4.69, 9.17) is 5.73 Å². The summed E-state index contributed by atoms with van der Waals surface area (Å²) < 4.78 is 40.1. The zero-order valence-corrected chi connectivity index (χ0v) is 12.9. The van der Waals surface area contributed by atoms with Gasteiger partial charge >= 0.3 is 0 Å². The first-order chi connectivity index (χ1) is 9.29. The van der Waals surface area contributed by atoms with Crippen molar-refractivity contribution in [3.63, 3.8) is 0 Å². The van der Waals surface area contributed by atoms with Crippen LogP contribution >= 0.6 is 15.9 Å². The third-order valence-corrected chi connectivity index (χ3v) is 4.76. The summed E-state index contributed by atoms with van der Waals surface area (Å²) in [6.45, 7) is 1.82. The van der Waals surface area contributed by atoms with Crippen molar-refractivity contribution in [1.82, 2.24) is 0 Å². The van der Waals surface area contributed by atoms with E-state index < -0.39 is 15.8 Å². The first-order valence-corrected chi connectivity index (χ1v) is 7.91. The number of sulfonamides is 1. The molecule has 0 spiro atoms. The number of anilines is 2. The summed E-state index contributed by atoms with van der Waals surface area (Å²) in [5.41, 5.74) is 7.40. The Morgan fingerprint density at radius 2 is 1.80 bits per heavy atom. The van der Waals surface area contributed by atoms with Crippen LogP contribution in [0.25, 0.3) is 0 Å². The minimum Gasteiger partial charge on any atom is -0.398 e. The lowest BCUT2D eigenvalue weighted by Crippen LogP contribution is -2.13. The van der Waals surface area contributed by atoms with Gasteiger partial charge in [0, 0.05) is 10.2 Å². The molecule has 0 radical (unpaired) electrons. The highest BCUT2D eigenvalue weighted by Crippen LogP contribution is 2.29. The van der Waals surface area contributed by atoms with Gasteiger partial charge < -0.3 is 5.73 Å². The normalized spacial score (nSPS) is 11.3. The molecule has 0 aliphatic heterocycles. The maximum atomic E-state index is 12.8. The second kappa shape index (κ2) is 5.41. The Bertz CT molecular complexity index is 746. The molecule has 0 heterocycles. The van der Waals surface area contributed by atoms with Crippen molar-refractivity contribution >= 4 is 37.3 Å². The van der Waals surface area contributed by atoms with Gasteiger partial charge in [0.25, 0.3) is 10.0 Å². The van der Waals surface area contributed by atoms with Gasteiger partial charge in [-0.15, -0.1) is 0 Å². The van der Waals surface area contributed by atoms with E-state index in [1.807, 2.05) is 6.92 Å². The number of nitrogens with one attached hydrogen (secondary N) is 1. The lowest BCUT2D eigenvalue weighted by atomic mass is 10.2. The molecule has 3 N–H and O–H groups in total. The lowest BCUT2D eigenvalue weighted by Gasteiger charge is -2.12. The van der Waals surface area contributed by atoms with Crippen LogP contribution < -0.4 is 10.5 Å². The molecule has 7 heteroatoms. The molecule has 2 aromatic carbocycles. The van der Waals surface area contributed by atoms with Crippen molar-refractivity contribution < 1.29 is 12.8 Å². The number of aryl methyl sites for hydroxylation is 1. The van der Waals surface area contributed by atoms with Crippen LogP contribution in [0.1, 0.15) is 5.56 Å². The molecule has 0 bridgehead atoms. The molecule has 0 saturated heterocycles. The van der Waals surface area contributed by atoms with Gasteiger partial charge in [-0.25, -0.2) is 12.8 Å². The molecular formula is C13H12BrFN2O2S. The average Bonchev–Trinajstić information content (AvgIpc) is 2.36. The highest BCUT2D eigenvalue weighted by Gasteiger charge is 2.16. The molecule has 0 aliphatic carbocycles. The van der Waals surface area contributed by atoms with E-state index in [0.717, 1.165) is 17.7 Å². The Balaban J connectivity index is 2.38. The smallest absolute Gasteiger partial charge is 0.261 e. The predicted octanol–water partition coefficient (Wildman–Crippen LogP) is 3.28. The number of halogens is 2. The van der Waals surface area contributed by atoms with Gasteiger partial charge in [0.1, 0.15) is 5.82 Å². The minimum absolute atomic E-state index is 0.0232. The van der Waals surface area contributed by atoms with Crippen LogP contribution in [0, 0.1) is 12.7 Å². The SMILES string of the molecule is Cc1cc(Br)c(NS(=O)(=O)c2ccc(F)cc2)cc1N. The highest BCUT2D eigenvalue weighted by molar-refractivity contribution is 9.10. The zero-order valence-electron chi connectivity index (χ0n) is 10.5. The summed E-state index contributed by atoms with van der Waals surface area (Å²) in [6, 6.07) is 7.82. The first-order valence-electron chi connectivity index (χ1n) is 5.63. The first kappa shape index (κ1) is 14.8. The molecule has 4 nitrogen and oxygen atoms in total. The fourth-order valence-corrected chi connectivity index (χ4v) is 3.34. The minimum atomic E-state index is -3.78. The lowest BCUT2D eigenvalue weighted by molar-refractivity contribution is 0.599. The number of rotatable bonds is 3. The predicted molar refractivity (Wildman–Crippen MR) is 80.5 cm³/mol. The molecular weight excluding hydrogens is 347 g/mol. The molecule has 0 unspecified atom stereocenters. The third kappa shape index (κ3) is 3.10. The van der Waals surface area contributed by atoms with Crippen molar-refractivity contribution in [2.45, 2.75) is 11.8 Å². The van der Waals surface area contributed by atoms with Crippen LogP contribution in [0.3, 0.4) is 0 Å². The van der Waals surface area contributed by atoms with Gasteiger partial charge in [-0.2, -0.15) is 0 Å². The molecule has 0 aliphatic rings. The van der Waals surface area contributed by atoms with Crippen LogP contribution in [0.2, 0.25) is 0 Å². The topological polar surface area (TPSA) is 72.2 Å². The van der Waals surface area contributed by atoms with E-state index in [1.54, 1.807) is 6.07 Å². The fourth-order valence-electron chi connectivity index (χ4n) is 1.59. The molecule has 0 aromatic heterocycles. The highest BCUT2D eigenvalue weighted by atomic mass is 79.9. The Kier molecular flexibility index (Phi) is 4.01. The summed E-state index contributed by atoms with van der Waals surface area (Å²) in [4.78, 5) is -0.0232. The number of nitrogens with two attached hydrogens (primary N) is 1. The molecule has 20 heavy (non-hydrogen) atoms. The molecule has 2 rings (SSSR count). The van der Waals surface area contributed by atoms with Gasteiger partial charge in [0.15, 0.2) is 0 Å². The number of hydrogen-bond acceptors (Lipinski definition) is 3. The van der Waals surface area contributed by atoms with Crippen LogP contribution in [0.4, 0.5) is 15.8 Å². The standard InChI is InChI=1S/C13H12BrFN2O2S/c1-8-6-11(14)13(7-12(8)16)17-20(18,19)10-4-2-9(15)3-5-10/h2-7,17H,16H2,1H3. The summed E-state index contributed by atoms with van der Waals surface area (Å²) in [7, 11) is -3.78. The molecule has 0 saturated carbocycles. The summed E-state index contributed by atoms with van der Waals surface area (Å²) in [5.74, 6) is -0.496. The molecule has 0 atom stereocenters.